The summed E-state index contributed by atoms with van der Waals surface area (Å²) in [5, 5.41) is 4.63. The maximum Gasteiger partial charge on any atom is 0.243 e. The van der Waals surface area contributed by atoms with Gasteiger partial charge in [-0.3, -0.25) is 4.79 Å². The molecule has 0 aliphatic rings. The predicted octanol–water partition coefficient (Wildman–Crippen LogP) is 3.96. The van der Waals surface area contributed by atoms with Crippen molar-refractivity contribution < 1.29 is 4.79 Å². The molecule has 0 unspecified atom stereocenters. The van der Waals surface area contributed by atoms with Crippen LogP contribution in [0.2, 0.25) is 10.0 Å². The Labute approximate surface area is 192 Å². The Kier molecular flexibility index (Phi) is 11.0. The van der Waals surface area contributed by atoms with Crippen LogP contribution >= 0.6 is 35.0 Å². The highest BCUT2D eigenvalue weighted by atomic mass is 35.5. The highest BCUT2D eigenvalue weighted by molar-refractivity contribution is 7.98. The number of nitrogens with one attached hydrogen (secondary N) is 1. The van der Waals surface area contributed by atoms with Crippen LogP contribution < -0.4 is 16.8 Å². The van der Waals surface area contributed by atoms with E-state index in [9.17, 15) is 4.79 Å². The number of primary amides is 1. The molecule has 1 amide bonds. The van der Waals surface area contributed by atoms with Gasteiger partial charge in [0.2, 0.25) is 11.9 Å². The van der Waals surface area contributed by atoms with Gasteiger partial charge >= 0.3 is 0 Å². The molecule has 1 heterocycles. The van der Waals surface area contributed by atoms with E-state index in [0.29, 0.717) is 44.4 Å². The van der Waals surface area contributed by atoms with E-state index >= 15 is 0 Å². The van der Waals surface area contributed by atoms with Gasteiger partial charge in [-0.05, 0) is 32.5 Å². The first kappa shape index (κ1) is 26.0. The second-order valence-corrected chi connectivity index (χ2v) is 7.75. The Hall–Kier alpha value is -2.00. The number of nitrogens with zero attached hydrogens (tertiary/aromatic N) is 3. The van der Waals surface area contributed by atoms with Gasteiger partial charge < -0.3 is 21.7 Å². The molecule has 0 aliphatic heterocycles. The minimum absolute atomic E-state index is 0.178. The standard InChI is InChI=1S/C18H22Cl2N6OS.C2H6/c1-26(2)7-6-23-18-24-16(10-4-5-11(19)12(20)8-10)15(17(25-18)28-3)13(21)9-14(22)27;1-2/h4-5,8-9H,6-7,21H2,1-3H3,(H2,22,27)(H,23,24,25);1-2H3/b13-9-;. The summed E-state index contributed by atoms with van der Waals surface area (Å²) in [5.74, 6) is -0.208. The number of hydrogen-bond acceptors (Lipinski definition) is 7. The molecule has 0 saturated heterocycles. The van der Waals surface area contributed by atoms with Crippen molar-refractivity contribution in [2.24, 2.45) is 11.5 Å². The Balaban J connectivity index is 0.00000218. The van der Waals surface area contributed by atoms with Crippen molar-refractivity contribution >= 4 is 52.5 Å². The molecule has 5 N–H and O–H groups in total. The average molecular weight is 471 g/mol. The summed E-state index contributed by atoms with van der Waals surface area (Å²) >= 11 is 13.6. The van der Waals surface area contributed by atoms with Crippen molar-refractivity contribution in [1.29, 1.82) is 0 Å². The molecule has 0 spiro atoms. The van der Waals surface area contributed by atoms with E-state index in [-0.39, 0.29) is 5.70 Å². The first-order valence-electron chi connectivity index (χ1n) is 9.30. The lowest BCUT2D eigenvalue weighted by atomic mass is 10.0. The van der Waals surface area contributed by atoms with E-state index in [4.69, 9.17) is 34.7 Å². The minimum atomic E-state index is -0.655. The summed E-state index contributed by atoms with van der Waals surface area (Å²) in [6.07, 6.45) is 3.02. The number of rotatable bonds is 8. The number of hydrogen-bond donors (Lipinski definition) is 3. The van der Waals surface area contributed by atoms with Gasteiger partial charge in [-0.1, -0.05) is 43.1 Å². The number of anilines is 1. The lowest BCUT2D eigenvalue weighted by molar-refractivity contribution is -0.113. The van der Waals surface area contributed by atoms with Gasteiger partial charge in [-0.2, -0.15) is 0 Å². The van der Waals surface area contributed by atoms with Gasteiger partial charge in [0.15, 0.2) is 0 Å². The van der Waals surface area contributed by atoms with Gasteiger partial charge in [0.1, 0.15) is 5.03 Å². The number of carbonyl (C=O) groups excluding carboxylic acids is 1. The number of likely N-dealkylation sites (N-methyl/N-ethyl adjacent to an activating group) is 1. The van der Waals surface area contributed by atoms with Crippen molar-refractivity contribution in [2.45, 2.75) is 18.9 Å². The molecule has 164 valence electrons. The Morgan fingerprint density at radius 2 is 1.87 bits per heavy atom. The molecule has 10 heteroatoms. The first-order chi connectivity index (χ1) is 14.2. The molecule has 30 heavy (non-hydrogen) atoms. The second kappa shape index (κ2) is 12.6. The zero-order valence-electron chi connectivity index (χ0n) is 17.8. The number of amides is 1. The van der Waals surface area contributed by atoms with Gasteiger partial charge in [0.25, 0.3) is 0 Å². The van der Waals surface area contributed by atoms with E-state index in [1.165, 1.54) is 11.8 Å². The molecule has 0 saturated carbocycles. The van der Waals surface area contributed by atoms with Crippen molar-refractivity contribution in [3.63, 3.8) is 0 Å². The molecule has 1 aromatic heterocycles. The van der Waals surface area contributed by atoms with Gasteiger partial charge in [-0.15, -0.1) is 11.8 Å². The number of aromatic nitrogens is 2. The van der Waals surface area contributed by atoms with Crippen molar-refractivity contribution in [3.8, 4) is 11.3 Å². The van der Waals surface area contributed by atoms with E-state index in [2.05, 4.69) is 15.3 Å². The largest absolute Gasteiger partial charge is 0.398 e. The van der Waals surface area contributed by atoms with Crippen molar-refractivity contribution in [3.05, 3.63) is 39.9 Å². The molecule has 1 aromatic carbocycles. The number of nitrogens with two attached hydrogens (primary N) is 2. The predicted molar refractivity (Wildman–Crippen MR) is 129 cm³/mol. The zero-order valence-corrected chi connectivity index (χ0v) is 20.1. The lowest BCUT2D eigenvalue weighted by Gasteiger charge is -2.16. The van der Waals surface area contributed by atoms with Crippen molar-refractivity contribution in [1.82, 2.24) is 14.9 Å². The topological polar surface area (TPSA) is 110 Å². The van der Waals surface area contributed by atoms with Gasteiger partial charge in [0, 0.05) is 30.4 Å². The van der Waals surface area contributed by atoms with Crippen LogP contribution in [0.4, 0.5) is 5.95 Å². The number of carbonyl (C=O) groups is 1. The minimum Gasteiger partial charge on any atom is -0.398 e. The summed E-state index contributed by atoms with van der Waals surface area (Å²) in [7, 11) is 3.96. The summed E-state index contributed by atoms with van der Waals surface area (Å²) in [4.78, 5) is 22.6. The Morgan fingerprint density at radius 1 is 1.20 bits per heavy atom. The van der Waals surface area contributed by atoms with E-state index in [1.54, 1.807) is 18.2 Å². The van der Waals surface area contributed by atoms with Crippen LogP contribution in [0.3, 0.4) is 0 Å². The number of halogens is 2. The average Bonchev–Trinajstić information content (AvgIpc) is 2.70. The highest BCUT2D eigenvalue weighted by Crippen LogP contribution is 2.35. The monoisotopic (exact) mass is 470 g/mol. The first-order valence-corrected chi connectivity index (χ1v) is 11.3. The quantitative estimate of drug-likeness (QED) is 0.304. The van der Waals surface area contributed by atoms with Crippen LogP contribution in [0.5, 0.6) is 0 Å². The van der Waals surface area contributed by atoms with E-state index in [0.717, 1.165) is 12.6 Å². The summed E-state index contributed by atoms with van der Waals surface area (Å²) < 4.78 is 0. The Morgan fingerprint density at radius 3 is 2.40 bits per heavy atom. The van der Waals surface area contributed by atoms with Crippen LogP contribution in [-0.4, -0.2) is 54.2 Å². The summed E-state index contributed by atoms with van der Waals surface area (Å²) in [6, 6.07) is 5.16. The Bertz CT molecular complexity index is 905. The molecule has 2 aromatic rings. The van der Waals surface area contributed by atoms with Crippen LogP contribution in [-0.2, 0) is 4.79 Å². The smallest absolute Gasteiger partial charge is 0.243 e. The molecule has 2 rings (SSSR count). The normalized spacial score (nSPS) is 11.1. The molecule has 0 bridgehead atoms. The van der Waals surface area contributed by atoms with Crippen LogP contribution in [0.1, 0.15) is 19.4 Å². The van der Waals surface area contributed by atoms with Gasteiger partial charge in [0.05, 0.1) is 21.3 Å². The maximum absolute atomic E-state index is 11.4. The summed E-state index contributed by atoms with van der Waals surface area (Å²) in [6.45, 7) is 5.47. The molecular weight excluding hydrogens is 443 g/mol. The van der Waals surface area contributed by atoms with Crippen LogP contribution in [0.15, 0.2) is 29.3 Å². The van der Waals surface area contributed by atoms with E-state index in [1.807, 2.05) is 39.1 Å². The fourth-order valence-corrected chi connectivity index (χ4v) is 3.29. The molecule has 0 aliphatic carbocycles. The molecule has 0 fully saturated rings. The van der Waals surface area contributed by atoms with Gasteiger partial charge in [-0.25, -0.2) is 9.97 Å². The molecule has 7 nitrogen and oxygen atoms in total. The highest BCUT2D eigenvalue weighted by Gasteiger charge is 2.19. The van der Waals surface area contributed by atoms with Crippen LogP contribution in [0.25, 0.3) is 17.0 Å². The number of benzene rings is 1. The third-order valence-corrected chi connectivity index (χ3v) is 5.11. The molecule has 0 radical (unpaired) electrons. The molecule has 0 atom stereocenters. The molecular formula is C20H28Cl2N6OS. The number of thioether (sulfide) groups is 1. The fraction of sp³-hybridized carbons (Fsp3) is 0.350. The zero-order chi connectivity index (χ0) is 22.8. The second-order valence-electron chi connectivity index (χ2n) is 6.14. The third kappa shape index (κ3) is 7.36. The van der Waals surface area contributed by atoms with Crippen LogP contribution in [0, 0.1) is 0 Å². The lowest BCUT2D eigenvalue weighted by Crippen LogP contribution is -2.22. The van der Waals surface area contributed by atoms with E-state index < -0.39 is 5.91 Å². The SMILES string of the molecule is CC.CSc1nc(NCCN(C)C)nc(-c2ccc(Cl)c(Cl)c2)c1/C(N)=C/C(N)=O. The maximum atomic E-state index is 11.4. The third-order valence-electron chi connectivity index (χ3n) is 3.69. The fourth-order valence-electron chi connectivity index (χ4n) is 2.40. The van der Waals surface area contributed by atoms with Crippen molar-refractivity contribution in [2.75, 3.05) is 38.8 Å². The summed E-state index contributed by atoms with van der Waals surface area (Å²) in [5.41, 5.74) is 13.3.